The van der Waals surface area contributed by atoms with Crippen LogP contribution in [0.15, 0.2) is 59.8 Å². The Balaban J connectivity index is 1.52. The molecule has 0 atom stereocenters. The van der Waals surface area contributed by atoms with E-state index >= 15 is 0 Å². The lowest BCUT2D eigenvalue weighted by Crippen LogP contribution is -2.49. The molecule has 0 spiro atoms. The van der Waals surface area contributed by atoms with Crippen molar-refractivity contribution in [3.63, 3.8) is 0 Å². The van der Waals surface area contributed by atoms with Crippen LogP contribution in [0.5, 0.6) is 0 Å². The second kappa shape index (κ2) is 7.29. The average molecular weight is 396 g/mol. The first-order valence-corrected chi connectivity index (χ1v) is 10.5. The topological polar surface area (TPSA) is 83.5 Å². The summed E-state index contributed by atoms with van der Waals surface area (Å²) < 4.78 is 27.3. The van der Waals surface area contributed by atoms with Crippen LogP contribution >= 0.6 is 0 Å². The van der Waals surface area contributed by atoms with E-state index in [1.54, 1.807) is 12.1 Å². The fourth-order valence-corrected chi connectivity index (χ4v) is 4.82. The van der Waals surface area contributed by atoms with Gasteiger partial charge >= 0.3 is 0 Å². The molecule has 0 aliphatic carbocycles. The van der Waals surface area contributed by atoms with Crippen molar-refractivity contribution < 1.29 is 13.2 Å². The van der Waals surface area contributed by atoms with E-state index in [-0.39, 0.29) is 10.7 Å². The fraction of sp³-hybridized carbons (Fsp3) is 0.250. The van der Waals surface area contributed by atoms with Crippen molar-refractivity contribution in [1.82, 2.24) is 14.3 Å². The van der Waals surface area contributed by atoms with Gasteiger partial charge in [0, 0.05) is 37.1 Å². The molecule has 0 bridgehead atoms. The maximum absolute atomic E-state index is 12.9. The number of hydrogen-bond acceptors (Lipinski definition) is 6. The molecule has 1 aliphatic heterocycles. The minimum Gasteiger partial charge on any atom is -0.353 e. The van der Waals surface area contributed by atoms with Gasteiger partial charge in [0.1, 0.15) is 12.1 Å². The quantitative estimate of drug-likeness (QED) is 0.630. The van der Waals surface area contributed by atoms with Crippen molar-refractivity contribution in [2.24, 2.45) is 0 Å². The van der Waals surface area contributed by atoms with Crippen LogP contribution in [0.1, 0.15) is 17.3 Å². The molecule has 1 aliphatic rings. The number of ketones is 1. The van der Waals surface area contributed by atoms with E-state index in [0.717, 1.165) is 16.7 Å². The lowest BCUT2D eigenvalue weighted by Gasteiger charge is -2.35. The van der Waals surface area contributed by atoms with Crippen LogP contribution in [0.4, 0.5) is 5.82 Å². The van der Waals surface area contributed by atoms with Crippen molar-refractivity contribution in [3.8, 4) is 0 Å². The molecule has 1 saturated heterocycles. The second-order valence-corrected chi connectivity index (χ2v) is 8.62. The van der Waals surface area contributed by atoms with Crippen molar-refractivity contribution in [3.05, 3.63) is 60.4 Å². The molecule has 0 saturated carbocycles. The number of carbonyl (C=O) groups excluding carboxylic acids is 1. The third-order valence-corrected chi connectivity index (χ3v) is 6.87. The van der Waals surface area contributed by atoms with Crippen LogP contribution in [-0.4, -0.2) is 54.7 Å². The first-order chi connectivity index (χ1) is 13.5. The smallest absolute Gasteiger partial charge is 0.243 e. The zero-order valence-electron chi connectivity index (χ0n) is 15.4. The predicted octanol–water partition coefficient (Wildman–Crippen LogP) is 2.34. The van der Waals surface area contributed by atoms with Gasteiger partial charge in [0.05, 0.1) is 10.4 Å². The molecule has 1 fully saturated rings. The average Bonchev–Trinajstić information content (AvgIpc) is 2.73. The Morgan fingerprint density at radius 2 is 1.61 bits per heavy atom. The number of Topliss-reactive ketones (excluding diaryl/α,β-unsaturated/α-hetero) is 1. The Bertz CT molecular complexity index is 1120. The van der Waals surface area contributed by atoms with Crippen molar-refractivity contribution >= 4 is 32.5 Å². The number of piperazine rings is 1. The largest absolute Gasteiger partial charge is 0.353 e. The standard InChI is InChI=1S/C20H20N4O3S/c1-15(25)16-6-8-17(9-7-16)28(26,27)24-12-10-23(11-13-24)20-18-4-2-3-5-19(18)21-14-22-20/h2-9,14H,10-13H2,1H3. The van der Waals surface area contributed by atoms with Crippen LogP contribution in [0.3, 0.4) is 0 Å². The van der Waals surface area contributed by atoms with Gasteiger partial charge in [-0.3, -0.25) is 4.79 Å². The molecule has 0 unspecified atom stereocenters. The first-order valence-electron chi connectivity index (χ1n) is 9.03. The molecule has 4 rings (SSSR count). The van der Waals surface area contributed by atoms with Gasteiger partial charge in [-0.2, -0.15) is 4.31 Å². The predicted molar refractivity (Wildman–Crippen MR) is 107 cm³/mol. The number of nitrogens with zero attached hydrogens (tertiary/aromatic N) is 4. The number of benzene rings is 2. The van der Waals surface area contributed by atoms with Gasteiger partial charge in [0.2, 0.25) is 10.0 Å². The third-order valence-electron chi connectivity index (χ3n) is 4.96. The molecule has 1 aromatic heterocycles. The summed E-state index contributed by atoms with van der Waals surface area (Å²) in [5, 5.41) is 0.959. The summed E-state index contributed by atoms with van der Waals surface area (Å²) in [5.74, 6) is 0.739. The summed E-state index contributed by atoms with van der Waals surface area (Å²) in [6, 6.07) is 13.9. The van der Waals surface area contributed by atoms with Crippen LogP contribution in [0, 0.1) is 0 Å². The van der Waals surface area contributed by atoms with E-state index in [1.165, 1.54) is 29.7 Å². The lowest BCUT2D eigenvalue weighted by atomic mass is 10.2. The fourth-order valence-electron chi connectivity index (χ4n) is 3.39. The summed E-state index contributed by atoms with van der Waals surface area (Å²) in [6.07, 6.45) is 1.54. The minimum atomic E-state index is -3.59. The van der Waals surface area contributed by atoms with E-state index < -0.39 is 10.0 Å². The minimum absolute atomic E-state index is 0.0883. The molecular formula is C20H20N4O3S. The molecular weight excluding hydrogens is 376 g/mol. The third kappa shape index (κ3) is 3.36. The number of carbonyl (C=O) groups is 1. The zero-order chi connectivity index (χ0) is 19.7. The van der Waals surface area contributed by atoms with E-state index in [9.17, 15) is 13.2 Å². The van der Waals surface area contributed by atoms with E-state index in [2.05, 4.69) is 14.9 Å². The van der Waals surface area contributed by atoms with Crippen LogP contribution in [0.25, 0.3) is 10.9 Å². The monoisotopic (exact) mass is 396 g/mol. The second-order valence-electron chi connectivity index (χ2n) is 6.69. The molecule has 0 amide bonds. The highest BCUT2D eigenvalue weighted by molar-refractivity contribution is 7.89. The lowest BCUT2D eigenvalue weighted by molar-refractivity contribution is 0.101. The Hall–Kier alpha value is -2.84. The SMILES string of the molecule is CC(=O)c1ccc(S(=O)(=O)N2CCN(c3ncnc4ccccc34)CC2)cc1. The number of fused-ring (bicyclic) bond motifs is 1. The number of aromatic nitrogens is 2. The molecule has 0 radical (unpaired) electrons. The Kier molecular flexibility index (Phi) is 4.82. The molecule has 8 heteroatoms. The highest BCUT2D eigenvalue weighted by Crippen LogP contribution is 2.25. The van der Waals surface area contributed by atoms with E-state index in [1.807, 2.05) is 24.3 Å². The van der Waals surface area contributed by atoms with Gasteiger partial charge in [0.15, 0.2) is 5.78 Å². The molecule has 0 N–H and O–H groups in total. The summed E-state index contributed by atoms with van der Waals surface area (Å²) in [6.45, 7) is 3.29. The Morgan fingerprint density at radius 3 is 2.29 bits per heavy atom. The number of hydrogen-bond donors (Lipinski definition) is 0. The number of rotatable bonds is 4. The van der Waals surface area contributed by atoms with Crippen molar-refractivity contribution in [2.45, 2.75) is 11.8 Å². The maximum atomic E-state index is 12.9. The van der Waals surface area contributed by atoms with E-state index in [4.69, 9.17) is 0 Å². The highest BCUT2D eigenvalue weighted by Gasteiger charge is 2.29. The number of anilines is 1. The molecule has 7 nitrogen and oxygen atoms in total. The van der Waals surface area contributed by atoms with Crippen molar-refractivity contribution in [1.29, 1.82) is 0 Å². The van der Waals surface area contributed by atoms with Crippen molar-refractivity contribution in [2.75, 3.05) is 31.1 Å². The van der Waals surface area contributed by atoms with Crippen LogP contribution in [0.2, 0.25) is 0 Å². The molecule has 2 heterocycles. The van der Waals surface area contributed by atoms with Gasteiger partial charge in [-0.1, -0.05) is 24.3 Å². The normalized spacial score (nSPS) is 15.7. The van der Waals surface area contributed by atoms with Gasteiger partial charge in [-0.15, -0.1) is 0 Å². The Labute approximate surface area is 163 Å². The Morgan fingerprint density at radius 1 is 0.929 bits per heavy atom. The molecule has 3 aromatic rings. The number of para-hydroxylation sites is 1. The van der Waals surface area contributed by atoms with Gasteiger partial charge in [-0.05, 0) is 31.2 Å². The molecule has 144 valence electrons. The summed E-state index contributed by atoms with van der Waals surface area (Å²) in [4.78, 5) is 22.4. The van der Waals surface area contributed by atoms with Crippen LogP contribution < -0.4 is 4.90 Å². The van der Waals surface area contributed by atoms with Gasteiger partial charge in [-0.25, -0.2) is 18.4 Å². The summed E-state index contributed by atoms with van der Waals surface area (Å²) >= 11 is 0. The van der Waals surface area contributed by atoms with Crippen LogP contribution in [-0.2, 0) is 10.0 Å². The highest BCUT2D eigenvalue weighted by atomic mass is 32.2. The molecule has 2 aromatic carbocycles. The maximum Gasteiger partial charge on any atom is 0.243 e. The van der Waals surface area contributed by atoms with E-state index in [0.29, 0.717) is 31.7 Å². The summed E-state index contributed by atoms with van der Waals surface area (Å²) in [5.41, 5.74) is 1.37. The molecule has 28 heavy (non-hydrogen) atoms. The van der Waals surface area contributed by atoms with Gasteiger partial charge < -0.3 is 4.90 Å². The summed E-state index contributed by atoms with van der Waals surface area (Å²) in [7, 11) is -3.59. The number of sulfonamides is 1. The van der Waals surface area contributed by atoms with Gasteiger partial charge in [0.25, 0.3) is 0 Å². The zero-order valence-corrected chi connectivity index (χ0v) is 16.3. The first kappa shape index (κ1) is 18.5.